The summed E-state index contributed by atoms with van der Waals surface area (Å²) in [6.07, 6.45) is 4.84. The van der Waals surface area contributed by atoms with Crippen LogP contribution < -0.4 is 10.0 Å². The molecule has 0 saturated carbocycles. The maximum atomic E-state index is 12.7. The summed E-state index contributed by atoms with van der Waals surface area (Å²) >= 11 is 0. The molecule has 1 atom stereocenters. The van der Waals surface area contributed by atoms with Crippen molar-refractivity contribution in [2.75, 3.05) is 11.3 Å². The molecular weight excluding hydrogens is 356 g/mol. The molecule has 0 unspecified atom stereocenters. The number of sulfonamides is 1. The van der Waals surface area contributed by atoms with E-state index in [2.05, 4.69) is 30.5 Å². The van der Waals surface area contributed by atoms with Crippen molar-refractivity contribution in [1.82, 2.24) is 5.32 Å². The van der Waals surface area contributed by atoms with E-state index in [4.69, 9.17) is 0 Å². The molecule has 144 valence electrons. The van der Waals surface area contributed by atoms with Gasteiger partial charge in [-0.25, -0.2) is 8.42 Å². The van der Waals surface area contributed by atoms with Gasteiger partial charge in [0.2, 0.25) is 0 Å². The van der Waals surface area contributed by atoms with Crippen LogP contribution in [0.25, 0.3) is 0 Å². The van der Waals surface area contributed by atoms with Gasteiger partial charge in [0.25, 0.3) is 10.0 Å². The summed E-state index contributed by atoms with van der Waals surface area (Å²) in [6, 6.07) is 13.4. The van der Waals surface area contributed by atoms with E-state index in [0.29, 0.717) is 22.5 Å². The number of rotatable bonds is 7. The van der Waals surface area contributed by atoms with Crippen molar-refractivity contribution < 1.29 is 8.42 Å². The van der Waals surface area contributed by atoms with E-state index in [1.165, 1.54) is 11.1 Å². The van der Waals surface area contributed by atoms with Gasteiger partial charge < -0.3 is 5.32 Å². The first-order valence-corrected chi connectivity index (χ1v) is 11.0. The molecule has 1 aliphatic carbocycles. The molecule has 0 saturated heterocycles. The molecule has 0 radical (unpaired) electrons. The number of aryl methyl sites for hydroxylation is 1. The largest absolute Gasteiger partial charge is 0.310 e. The topological polar surface area (TPSA) is 58.2 Å². The molecule has 2 N–H and O–H groups in total. The van der Waals surface area contributed by atoms with Gasteiger partial charge in [-0.1, -0.05) is 38.1 Å². The minimum absolute atomic E-state index is 0.290. The number of hydrogen-bond donors (Lipinski definition) is 2. The van der Waals surface area contributed by atoms with E-state index in [9.17, 15) is 8.42 Å². The zero-order valence-corrected chi connectivity index (χ0v) is 16.9. The second-order valence-electron chi connectivity index (χ2n) is 7.45. The summed E-state index contributed by atoms with van der Waals surface area (Å²) < 4.78 is 28.1. The molecule has 0 aliphatic heterocycles. The van der Waals surface area contributed by atoms with Gasteiger partial charge in [0.05, 0.1) is 4.90 Å². The van der Waals surface area contributed by atoms with E-state index >= 15 is 0 Å². The zero-order valence-electron chi connectivity index (χ0n) is 16.0. The smallest absolute Gasteiger partial charge is 0.261 e. The molecule has 1 aliphatic rings. The zero-order chi connectivity index (χ0) is 19.4. The fraction of sp³-hybridized carbons (Fsp3) is 0.364. The number of fused-ring (bicyclic) bond motifs is 1. The molecule has 4 nitrogen and oxygen atoms in total. The summed E-state index contributed by atoms with van der Waals surface area (Å²) in [6.45, 7) is 8.74. The standard InChI is InChI=1S/C22H28N2O2S/c1-4-13-23-20-9-5-19-15-21(10-6-18(19)14-20)24-27(25,26)22-11-7-17(8-12-22)16(2)3/h4,6-8,10-12,15-16,20,23-24H,1,5,9,13-14H2,2-3H3/t20-/m1/s1. The molecule has 3 rings (SSSR count). The highest BCUT2D eigenvalue weighted by Crippen LogP contribution is 2.26. The maximum absolute atomic E-state index is 12.7. The minimum atomic E-state index is -3.58. The van der Waals surface area contributed by atoms with Crippen LogP contribution in [0.5, 0.6) is 0 Å². The first-order chi connectivity index (χ1) is 12.9. The fourth-order valence-electron chi connectivity index (χ4n) is 3.49. The highest BCUT2D eigenvalue weighted by molar-refractivity contribution is 7.92. The Labute approximate surface area is 162 Å². The molecule has 5 heteroatoms. The Balaban J connectivity index is 1.73. The van der Waals surface area contributed by atoms with Crippen LogP contribution in [-0.4, -0.2) is 21.0 Å². The monoisotopic (exact) mass is 384 g/mol. The minimum Gasteiger partial charge on any atom is -0.310 e. The van der Waals surface area contributed by atoms with E-state index in [1.54, 1.807) is 12.1 Å². The SMILES string of the molecule is C=CCN[C@@H]1CCc2cc(NS(=O)(=O)c3ccc(C(C)C)cc3)ccc2C1. The normalized spacial score (nSPS) is 16.8. The summed E-state index contributed by atoms with van der Waals surface area (Å²) in [5.74, 6) is 0.375. The average molecular weight is 385 g/mol. The van der Waals surface area contributed by atoms with Crippen LogP contribution in [0.15, 0.2) is 60.0 Å². The predicted molar refractivity (Wildman–Crippen MR) is 112 cm³/mol. The highest BCUT2D eigenvalue weighted by Gasteiger charge is 2.20. The Hall–Kier alpha value is -2.11. The molecule has 0 heterocycles. The number of hydrogen-bond acceptors (Lipinski definition) is 3. The van der Waals surface area contributed by atoms with Crippen LogP contribution in [0.2, 0.25) is 0 Å². The Morgan fingerprint density at radius 3 is 2.56 bits per heavy atom. The quantitative estimate of drug-likeness (QED) is 0.702. The number of benzene rings is 2. The van der Waals surface area contributed by atoms with Crippen LogP contribution in [-0.2, 0) is 22.9 Å². The van der Waals surface area contributed by atoms with Crippen molar-refractivity contribution in [3.05, 3.63) is 71.8 Å². The van der Waals surface area contributed by atoms with Crippen LogP contribution in [0, 0.1) is 0 Å². The summed E-state index contributed by atoms with van der Waals surface area (Å²) in [7, 11) is -3.58. The molecule has 0 fully saturated rings. The highest BCUT2D eigenvalue weighted by atomic mass is 32.2. The fourth-order valence-corrected chi connectivity index (χ4v) is 4.54. The molecule has 0 bridgehead atoms. The average Bonchev–Trinajstić information content (AvgIpc) is 2.66. The lowest BCUT2D eigenvalue weighted by molar-refractivity contribution is 0.480. The molecule has 2 aromatic carbocycles. The number of nitrogens with one attached hydrogen (secondary N) is 2. The molecule has 0 amide bonds. The van der Waals surface area contributed by atoms with E-state index in [-0.39, 0.29) is 0 Å². The first kappa shape index (κ1) is 19.6. The maximum Gasteiger partial charge on any atom is 0.261 e. The van der Waals surface area contributed by atoms with Crippen molar-refractivity contribution >= 4 is 15.7 Å². The summed E-state index contributed by atoms with van der Waals surface area (Å²) in [5.41, 5.74) is 4.26. The third-order valence-corrected chi connectivity index (χ3v) is 6.49. The van der Waals surface area contributed by atoms with Gasteiger partial charge in [-0.15, -0.1) is 6.58 Å². The second-order valence-corrected chi connectivity index (χ2v) is 9.13. The van der Waals surface area contributed by atoms with Gasteiger partial charge in [-0.05, 0) is 66.1 Å². The van der Waals surface area contributed by atoms with Gasteiger partial charge >= 0.3 is 0 Å². The lowest BCUT2D eigenvalue weighted by Gasteiger charge is -2.25. The van der Waals surface area contributed by atoms with Gasteiger partial charge in [-0.2, -0.15) is 0 Å². The summed E-state index contributed by atoms with van der Waals surface area (Å²) in [5, 5.41) is 3.47. The van der Waals surface area contributed by atoms with Crippen molar-refractivity contribution in [2.45, 2.75) is 50.0 Å². The Morgan fingerprint density at radius 1 is 1.15 bits per heavy atom. The molecule has 2 aromatic rings. The molecular formula is C22H28N2O2S. The van der Waals surface area contributed by atoms with Crippen molar-refractivity contribution in [3.63, 3.8) is 0 Å². The lowest BCUT2D eigenvalue weighted by Crippen LogP contribution is -2.34. The second kappa shape index (κ2) is 8.28. The van der Waals surface area contributed by atoms with Crippen LogP contribution in [0.1, 0.15) is 42.9 Å². The van der Waals surface area contributed by atoms with E-state index in [0.717, 1.165) is 31.4 Å². The van der Waals surface area contributed by atoms with Crippen LogP contribution in [0.3, 0.4) is 0 Å². The summed E-state index contributed by atoms with van der Waals surface area (Å²) in [4.78, 5) is 0.290. The predicted octanol–water partition coefficient (Wildman–Crippen LogP) is 4.24. The Kier molecular flexibility index (Phi) is 6.02. The van der Waals surface area contributed by atoms with Crippen LogP contribution >= 0.6 is 0 Å². The van der Waals surface area contributed by atoms with Crippen LogP contribution in [0.4, 0.5) is 5.69 Å². The van der Waals surface area contributed by atoms with E-state index in [1.807, 2.05) is 36.4 Å². The van der Waals surface area contributed by atoms with E-state index < -0.39 is 10.0 Å². The van der Waals surface area contributed by atoms with Gasteiger partial charge in [0, 0.05) is 18.3 Å². The third kappa shape index (κ3) is 4.79. The molecule has 27 heavy (non-hydrogen) atoms. The number of anilines is 1. The third-order valence-electron chi connectivity index (χ3n) is 5.09. The first-order valence-electron chi connectivity index (χ1n) is 9.48. The van der Waals surface area contributed by atoms with Gasteiger partial charge in [0.1, 0.15) is 0 Å². The Morgan fingerprint density at radius 2 is 1.89 bits per heavy atom. The lowest BCUT2D eigenvalue weighted by atomic mass is 9.88. The molecule has 0 aromatic heterocycles. The molecule has 0 spiro atoms. The van der Waals surface area contributed by atoms with Crippen molar-refractivity contribution in [2.24, 2.45) is 0 Å². The van der Waals surface area contributed by atoms with Gasteiger partial charge in [0.15, 0.2) is 0 Å². The van der Waals surface area contributed by atoms with Crippen molar-refractivity contribution in [3.8, 4) is 0 Å². The van der Waals surface area contributed by atoms with Gasteiger partial charge in [-0.3, -0.25) is 4.72 Å². The van der Waals surface area contributed by atoms with Crippen molar-refractivity contribution in [1.29, 1.82) is 0 Å². The Bertz CT molecular complexity index is 902.